The lowest BCUT2D eigenvalue weighted by molar-refractivity contribution is 0.0598. The Kier molecular flexibility index (Phi) is 3.11. The molecule has 18 heavy (non-hydrogen) atoms. The first-order chi connectivity index (χ1) is 8.47. The van der Waals surface area contributed by atoms with Gasteiger partial charge >= 0.3 is 5.97 Å². The van der Waals surface area contributed by atoms with Gasteiger partial charge < -0.3 is 4.74 Å². The number of alkyl halides is 1. The van der Waals surface area contributed by atoms with Gasteiger partial charge in [0, 0.05) is 12.0 Å². The number of methoxy groups -OCH3 is 1. The molecular weight excluding hydrogens is 308 g/mol. The Morgan fingerprint density at radius 3 is 2.72 bits per heavy atom. The number of nitriles is 1. The van der Waals surface area contributed by atoms with E-state index in [1.165, 1.54) is 12.1 Å². The third kappa shape index (κ3) is 1.70. The summed E-state index contributed by atoms with van der Waals surface area (Å²) in [4.78, 5) is 11.6. The second-order valence-corrected chi connectivity index (χ2v) is 4.88. The van der Waals surface area contributed by atoms with Gasteiger partial charge in [-0.05, 0) is 28.1 Å². The minimum absolute atomic E-state index is 0.0823. The van der Waals surface area contributed by atoms with Crippen LogP contribution < -0.4 is 0 Å². The number of carbonyl (C=O) groups excluding carboxylic acids is 1. The maximum absolute atomic E-state index is 14.1. The fraction of sp³-hybridized carbons (Fsp3) is 0.333. The first-order valence-corrected chi connectivity index (χ1v) is 5.89. The van der Waals surface area contributed by atoms with Crippen molar-refractivity contribution in [2.45, 2.75) is 18.0 Å². The molecule has 0 amide bonds. The number of nitrogens with zero attached hydrogens (tertiary/aromatic N) is 1. The van der Waals surface area contributed by atoms with Gasteiger partial charge in [0.15, 0.2) is 0 Å². The van der Waals surface area contributed by atoms with Crippen LogP contribution in [0.2, 0.25) is 0 Å². The zero-order chi connectivity index (χ0) is 13.5. The van der Waals surface area contributed by atoms with Gasteiger partial charge in [-0.3, -0.25) is 0 Å². The highest BCUT2D eigenvalue weighted by atomic mass is 79.9. The summed E-state index contributed by atoms with van der Waals surface area (Å²) < 4.78 is 32.1. The molecule has 1 aliphatic carbocycles. The van der Waals surface area contributed by atoms with Crippen molar-refractivity contribution in [3.05, 3.63) is 33.5 Å². The molecule has 0 bridgehead atoms. The molecule has 1 fully saturated rings. The van der Waals surface area contributed by atoms with E-state index in [0.717, 1.165) is 7.11 Å². The van der Waals surface area contributed by atoms with Crippen LogP contribution in [0.3, 0.4) is 0 Å². The third-order valence-electron chi connectivity index (χ3n) is 3.02. The number of rotatable bonds is 2. The van der Waals surface area contributed by atoms with Crippen LogP contribution in [0.1, 0.15) is 22.3 Å². The van der Waals surface area contributed by atoms with Crippen LogP contribution in [0.25, 0.3) is 0 Å². The number of carbonyl (C=O) groups is 1. The molecule has 1 aromatic rings. The fourth-order valence-electron chi connectivity index (χ4n) is 1.92. The van der Waals surface area contributed by atoms with E-state index in [1.807, 2.05) is 0 Å². The smallest absolute Gasteiger partial charge is 0.338 e. The lowest BCUT2D eigenvalue weighted by Crippen LogP contribution is -2.18. The summed E-state index contributed by atoms with van der Waals surface area (Å²) in [6.07, 6.45) is -1.57. The van der Waals surface area contributed by atoms with E-state index in [0.29, 0.717) is 0 Å². The minimum atomic E-state index is -1.57. The number of esters is 1. The van der Waals surface area contributed by atoms with E-state index in [1.54, 1.807) is 6.07 Å². The van der Waals surface area contributed by atoms with Crippen molar-refractivity contribution >= 4 is 21.9 Å². The lowest BCUT2D eigenvalue weighted by atomic mass is 9.91. The van der Waals surface area contributed by atoms with Gasteiger partial charge in [-0.25, -0.2) is 13.6 Å². The Morgan fingerprint density at radius 1 is 1.67 bits per heavy atom. The van der Waals surface area contributed by atoms with E-state index in [9.17, 15) is 13.6 Å². The summed E-state index contributed by atoms with van der Waals surface area (Å²) in [6, 6.07) is 4.41. The van der Waals surface area contributed by atoms with Crippen molar-refractivity contribution in [1.29, 1.82) is 5.26 Å². The molecule has 0 aliphatic heterocycles. The second kappa shape index (κ2) is 4.32. The van der Waals surface area contributed by atoms with Crippen LogP contribution in [-0.4, -0.2) is 19.3 Å². The van der Waals surface area contributed by atoms with Crippen LogP contribution in [0.15, 0.2) is 16.6 Å². The van der Waals surface area contributed by atoms with Gasteiger partial charge in [0.05, 0.1) is 23.2 Å². The summed E-state index contributed by atoms with van der Waals surface area (Å²) in [5, 5.41) is 9.05. The molecule has 1 aliphatic rings. The zero-order valence-corrected chi connectivity index (χ0v) is 10.9. The summed E-state index contributed by atoms with van der Waals surface area (Å²) in [5.41, 5.74) is -1.91. The van der Waals surface area contributed by atoms with Crippen molar-refractivity contribution in [3.63, 3.8) is 0 Å². The van der Waals surface area contributed by atoms with Crippen molar-refractivity contribution in [3.8, 4) is 6.07 Å². The Hall–Kier alpha value is -1.48. The normalized spacial score (nSPS) is 25.4. The zero-order valence-electron chi connectivity index (χ0n) is 9.34. The van der Waals surface area contributed by atoms with Crippen LogP contribution in [0.4, 0.5) is 8.78 Å². The van der Waals surface area contributed by atoms with Gasteiger partial charge in [-0.1, -0.05) is 0 Å². The molecule has 3 nitrogen and oxygen atoms in total. The molecular formula is C12H8BrF2NO2. The number of halogens is 3. The number of hydrogen-bond acceptors (Lipinski definition) is 3. The number of ether oxygens (including phenoxy) is 1. The molecule has 0 heterocycles. The standard InChI is InChI=1S/C12H8BrF2NO2/c1-18-11(17)6-2-3-7(13)10(15)9(6)12(5-16)4-8(12)14/h2-3,8H,4H2,1H3/t8-,12-/m0/s1. The van der Waals surface area contributed by atoms with Gasteiger partial charge in [-0.15, -0.1) is 0 Å². The highest BCUT2D eigenvalue weighted by Crippen LogP contribution is 2.53. The van der Waals surface area contributed by atoms with Gasteiger partial charge in [-0.2, -0.15) is 5.26 Å². The molecule has 0 spiro atoms. The molecule has 0 aromatic heterocycles. The second-order valence-electron chi connectivity index (χ2n) is 4.03. The molecule has 1 saturated carbocycles. The molecule has 6 heteroatoms. The summed E-state index contributed by atoms with van der Waals surface area (Å²) in [6.45, 7) is 0. The molecule has 0 N–H and O–H groups in total. The maximum Gasteiger partial charge on any atom is 0.338 e. The average molecular weight is 316 g/mol. The highest BCUT2D eigenvalue weighted by molar-refractivity contribution is 9.10. The lowest BCUT2D eigenvalue weighted by Gasteiger charge is -2.13. The predicted molar refractivity (Wildman–Crippen MR) is 62.2 cm³/mol. The van der Waals surface area contributed by atoms with Crippen LogP contribution in [0, 0.1) is 17.1 Å². The molecule has 0 radical (unpaired) electrons. The van der Waals surface area contributed by atoms with Crippen molar-refractivity contribution in [2.75, 3.05) is 7.11 Å². The summed E-state index contributed by atoms with van der Waals surface area (Å²) >= 11 is 2.96. The first-order valence-electron chi connectivity index (χ1n) is 5.10. The predicted octanol–water partition coefficient (Wildman–Crippen LogP) is 2.88. The van der Waals surface area contributed by atoms with Crippen molar-refractivity contribution < 1.29 is 18.3 Å². The van der Waals surface area contributed by atoms with Gasteiger partial charge in [0.2, 0.25) is 0 Å². The molecule has 94 valence electrons. The Labute approximate surface area is 110 Å². The molecule has 0 unspecified atom stereocenters. The molecule has 2 rings (SSSR count). The van der Waals surface area contributed by atoms with E-state index in [2.05, 4.69) is 20.7 Å². The number of benzene rings is 1. The van der Waals surface area contributed by atoms with Crippen LogP contribution in [0.5, 0.6) is 0 Å². The fourth-order valence-corrected chi connectivity index (χ4v) is 2.25. The Morgan fingerprint density at radius 2 is 2.28 bits per heavy atom. The monoisotopic (exact) mass is 315 g/mol. The largest absolute Gasteiger partial charge is 0.465 e. The number of hydrogen-bond donors (Lipinski definition) is 0. The SMILES string of the molecule is COC(=O)c1ccc(Br)c(F)c1[C@]1(C#N)C[C@@H]1F. The van der Waals surface area contributed by atoms with Crippen molar-refractivity contribution in [1.82, 2.24) is 0 Å². The summed E-state index contributed by atoms with van der Waals surface area (Å²) in [5.74, 6) is -1.58. The van der Waals surface area contributed by atoms with E-state index < -0.39 is 23.4 Å². The average Bonchev–Trinajstić information content (AvgIpc) is 3.03. The Bertz CT molecular complexity index is 570. The minimum Gasteiger partial charge on any atom is -0.465 e. The topological polar surface area (TPSA) is 50.1 Å². The maximum atomic E-state index is 14.1. The molecule has 1 aromatic carbocycles. The Balaban J connectivity index is 2.68. The summed E-state index contributed by atoms with van der Waals surface area (Å²) in [7, 11) is 1.14. The molecule has 2 atom stereocenters. The van der Waals surface area contributed by atoms with Gasteiger partial charge in [0.1, 0.15) is 17.4 Å². The third-order valence-corrected chi connectivity index (χ3v) is 3.63. The first kappa shape index (κ1) is 13.0. The molecule has 0 saturated heterocycles. The van der Waals surface area contributed by atoms with Crippen LogP contribution >= 0.6 is 15.9 Å². The van der Waals surface area contributed by atoms with Crippen LogP contribution in [-0.2, 0) is 10.2 Å². The van der Waals surface area contributed by atoms with E-state index >= 15 is 0 Å². The highest BCUT2D eigenvalue weighted by Gasteiger charge is 2.60. The van der Waals surface area contributed by atoms with E-state index in [-0.39, 0.29) is 22.0 Å². The quantitative estimate of drug-likeness (QED) is 0.788. The van der Waals surface area contributed by atoms with Gasteiger partial charge in [0.25, 0.3) is 0 Å². The van der Waals surface area contributed by atoms with E-state index in [4.69, 9.17) is 5.26 Å². The van der Waals surface area contributed by atoms with Crippen molar-refractivity contribution in [2.24, 2.45) is 0 Å².